The zero-order valence-corrected chi connectivity index (χ0v) is 24.1. The summed E-state index contributed by atoms with van der Waals surface area (Å²) in [4.78, 5) is 26.7. The number of aromatic nitrogens is 1. The molecule has 13 heteroatoms. The number of benzene rings is 2. The number of pyridine rings is 1. The fourth-order valence-electron chi connectivity index (χ4n) is 3.79. The smallest absolute Gasteiger partial charge is 0.298 e. The number of nitrogens with zero attached hydrogens (tertiary/aromatic N) is 1. The molecule has 1 aliphatic rings. The fourth-order valence-corrected chi connectivity index (χ4v) is 4.77. The van der Waals surface area contributed by atoms with Gasteiger partial charge in [0.2, 0.25) is 0 Å². The van der Waals surface area contributed by atoms with Gasteiger partial charge in [0.05, 0.1) is 16.9 Å². The Morgan fingerprint density at radius 1 is 1.16 bits per heavy atom. The minimum atomic E-state index is -3.80. The van der Waals surface area contributed by atoms with E-state index in [4.69, 9.17) is 4.74 Å². The summed E-state index contributed by atoms with van der Waals surface area (Å²) in [5.41, 5.74) is 0.685. The van der Waals surface area contributed by atoms with Crippen molar-refractivity contribution in [2.24, 2.45) is 7.05 Å². The van der Waals surface area contributed by atoms with Crippen molar-refractivity contribution in [3.05, 3.63) is 72.8 Å². The number of carbonyl (C=O) groups is 1. The fraction of sp³-hybridized carbons (Fsp3) is 0.280. The van der Waals surface area contributed by atoms with Crippen LogP contribution in [0.3, 0.4) is 0 Å². The molecule has 1 aromatic heterocycles. The molecule has 0 spiro atoms. The van der Waals surface area contributed by atoms with E-state index in [1.807, 2.05) is 22.6 Å². The lowest BCUT2D eigenvalue weighted by Crippen LogP contribution is -2.31. The normalized spacial score (nSPS) is 13.2. The third-order valence-corrected chi connectivity index (χ3v) is 7.59. The van der Waals surface area contributed by atoms with E-state index in [1.54, 1.807) is 25.1 Å². The van der Waals surface area contributed by atoms with Crippen molar-refractivity contribution >= 4 is 55.9 Å². The number of hydrogen-bond donors (Lipinski definition) is 4. The van der Waals surface area contributed by atoms with Crippen LogP contribution in [-0.2, 0) is 17.3 Å². The number of hydrogen-bond acceptors (Lipinski definition) is 6. The maximum absolute atomic E-state index is 14.8. The molecule has 2 aromatic carbocycles. The van der Waals surface area contributed by atoms with E-state index in [9.17, 15) is 22.4 Å². The predicted molar refractivity (Wildman–Crippen MR) is 152 cm³/mol. The highest BCUT2D eigenvalue weighted by molar-refractivity contribution is 14.1. The van der Waals surface area contributed by atoms with Crippen LogP contribution in [-0.4, -0.2) is 32.0 Å². The van der Waals surface area contributed by atoms with Crippen molar-refractivity contribution in [3.63, 3.8) is 0 Å². The van der Waals surface area contributed by atoms with Crippen molar-refractivity contribution < 1.29 is 22.3 Å². The van der Waals surface area contributed by atoms with Gasteiger partial charge in [-0.05, 0) is 85.2 Å². The monoisotopic (exact) mass is 655 g/mol. The van der Waals surface area contributed by atoms with E-state index in [-0.39, 0.29) is 45.9 Å². The molecule has 1 fully saturated rings. The highest BCUT2D eigenvalue weighted by Gasteiger charge is 2.30. The van der Waals surface area contributed by atoms with Crippen LogP contribution in [0.2, 0.25) is 0 Å². The van der Waals surface area contributed by atoms with Crippen LogP contribution in [0.5, 0.6) is 11.5 Å². The Labute approximate surface area is 233 Å². The highest BCUT2D eigenvalue weighted by Crippen LogP contribution is 2.36. The minimum absolute atomic E-state index is 0.00250. The Morgan fingerprint density at radius 2 is 1.87 bits per heavy atom. The standard InChI is InChI=1S/C25H27FIN5O5S/c1-13-9-17(31-38(35,36)28-3)12-18(10-13)37-22-14(2)25(34)32(4)23(21(22)24(33)29-16-6-7-16)30-20-8-5-15(27)11-19(20)26/h5,8-12,16,28,30-31H,6-7H2,1-4H3,(H,29,33). The number of halogens is 2. The lowest BCUT2D eigenvalue weighted by molar-refractivity contribution is 0.0948. The van der Waals surface area contributed by atoms with Gasteiger partial charge in [-0.25, -0.2) is 9.11 Å². The van der Waals surface area contributed by atoms with Gasteiger partial charge in [-0.1, -0.05) is 0 Å². The number of carbonyl (C=O) groups excluding carboxylic acids is 1. The van der Waals surface area contributed by atoms with E-state index >= 15 is 0 Å². The molecule has 0 atom stereocenters. The molecule has 38 heavy (non-hydrogen) atoms. The molecule has 3 aromatic rings. The van der Waals surface area contributed by atoms with Crippen molar-refractivity contribution in [1.82, 2.24) is 14.6 Å². The summed E-state index contributed by atoms with van der Waals surface area (Å²) in [7, 11) is -1.04. The Balaban J connectivity index is 1.86. The Kier molecular flexibility index (Phi) is 7.99. The first kappa shape index (κ1) is 27.9. The summed E-state index contributed by atoms with van der Waals surface area (Å²) >= 11 is 1.99. The number of ether oxygens (including phenoxy) is 1. The van der Waals surface area contributed by atoms with Gasteiger partial charge in [0.15, 0.2) is 5.75 Å². The van der Waals surface area contributed by atoms with E-state index in [2.05, 4.69) is 20.1 Å². The topological polar surface area (TPSA) is 131 Å². The van der Waals surface area contributed by atoms with Gasteiger partial charge in [0.1, 0.15) is 22.9 Å². The Morgan fingerprint density at radius 3 is 2.50 bits per heavy atom. The van der Waals surface area contributed by atoms with Gasteiger partial charge < -0.3 is 15.4 Å². The van der Waals surface area contributed by atoms with Crippen molar-refractivity contribution in [1.29, 1.82) is 0 Å². The molecule has 0 unspecified atom stereocenters. The molecule has 10 nitrogen and oxygen atoms in total. The van der Waals surface area contributed by atoms with Crippen LogP contribution < -0.4 is 30.4 Å². The average molecular weight is 655 g/mol. The van der Waals surface area contributed by atoms with Crippen LogP contribution in [0, 0.1) is 23.2 Å². The second-order valence-electron chi connectivity index (χ2n) is 8.99. The summed E-state index contributed by atoms with van der Waals surface area (Å²) in [6.45, 7) is 3.27. The molecule has 1 saturated carbocycles. The van der Waals surface area contributed by atoms with Gasteiger partial charge >= 0.3 is 0 Å². The Bertz CT molecular complexity index is 1590. The number of nitrogens with one attached hydrogen (secondary N) is 4. The van der Waals surface area contributed by atoms with Crippen molar-refractivity contribution in [3.8, 4) is 11.5 Å². The lowest BCUT2D eigenvalue weighted by atomic mass is 10.1. The number of aryl methyl sites for hydroxylation is 1. The number of amides is 1. The zero-order chi connectivity index (χ0) is 27.8. The van der Waals surface area contributed by atoms with Crippen LogP contribution in [0.15, 0.2) is 41.2 Å². The van der Waals surface area contributed by atoms with Crippen LogP contribution in [0.1, 0.15) is 34.3 Å². The molecular formula is C25H27FIN5O5S. The first-order valence-electron chi connectivity index (χ1n) is 11.7. The van der Waals surface area contributed by atoms with Crippen molar-refractivity contribution in [2.45, 2.75) is 32.7 Å². The van der Waals surface area contributed by atoms with Crippen molar-refractivity contribution in [2.75, 3.05) is 17.1 Å². The van der Waals surface area contributed by atoms with Gasteiger partial charge in [-0.15, -0.1) is 0 Å². The minimum Gasteiger partial charge on any atom is -0.456 e. The molecule has 1 aliphatic carbocycles. The summed E-state index contributed by atoms with van der Waals surface area (Å²) < 4.78 is 51.4. The van der Waals surface area contributed by atoms with E-state index < -0.39 is 27.5 Å². The summed E-state index contributed by atoms with van der Waals surface area (Å²) in [6.07, 6.45) is 1.65. The molecule has 0 aliphatic heterocycles. The van der Waals surface area contributed by atoms with Gasteiger partial charge in [-0.3, -0.25) is 18.9 Å². The summed E-state index contributed by atoms with van der Waals surface area (Å²) in [5, 5.41) is 5.82. The van der Waals surface area contributed by atoms with Crippen LogP contribution in [0.25, 0.3) is 0 Å². The highest BCUT2D eigenvalue weighted by atomic mass is 127. The lowest BCUT2D eigenvalue weighted by Gasteiger charge is -2.21. The number of anilines is 3. The molecule has 0 saturated heterocycles. The average Bonchev–Trinajstić information content (AvgIpc) is 3.65. The van der Waals surface area contributed by atoms with Gasteiger partial charge in [0, 0.05) is 29.8 Å². The maximum atomic E-state index is 14.8. The molecule has 0 bridgehead atoms. The molecule has 1 amide bonds. The molecular weight excluding hydrogens is 628 g/mol. The van der Waals surface area contributed by atoms with E-state index in [0.29, 0.717) is 9.13 Å². The van der Waals surface area contributed by atoms with E-state index in [1.165, 1.54) is 43.8 Å². The molecule has 1 heterocycles. The molecule has 4 N–H and O–H groups in total. The largest absolute Gasteiger partial charge is 0.456 e. The SMILES string of the molecule is CNS(=O)(=O)Nc1cc(C)cc(Oc2c(C(=O)NC3CC3)c(Nc3ccc(I)cc3F)n(C)c(=O)c2C)c1. The van der Waals surface area contributed by atoms with Gasteiger partial charge in [0.25, 0.3) is 21.7 Å². The zero-order valence-electron chi connectivity index (χ0n) is 21.1. The predicted octanol–water partition coefficient (Wildman–Crippen LogP) is 4.05. The van der Waals surface area contributed by atoms with Gasteiger partial charge in [-0.2, -0.15) is 8.42 Å². The Hall–Kier alpha value is -3.17. The molecule has 0 radical (unpaired) electrons. The third-order valence-electron chi connectivity index (χ3n) is 5.88. The summed E-state index contributed by atoms with van der Waals surface area (Å²) in [6, 6.07) is 9.22. The first-order chi connectivity index (χ1) is 17.9. The second-order valence-corrected chi connectivity index (χ2v) is 11.9. The third kappa shape index (κ3) is 6.27. The van der Waals surface area contributed by atoms with Crippen LogP contribution >= 0.6 is 22.6 Å². The molecule has 202 valence electrons. The summed E-state index contributed by atoms with van der Waals surface area (Å²) in [5.74, 6) is -0.813. The maximum Gasteiger partial charge on any atom is 0.298 e. The number of rotatable bonds is 9. The quantitative estimate of drug-likeness (QED) is 0.258. The second kappa shape index (κ2) is 10.9. The molecule has 4 rings (SSSR count). The first-order valence-corrected chi connectivity index (χ1v) is 14.2. The van der Waals surface area contributed by atoms with E-state index in [0.717, 1.165) is 12.8 Å². The van der Waals surface area contributed by atoms with Crippen LogP contribution in [0.4, 0.5) is 21.6 Å².